The Kier molecular flexibility index (Phi) is 6.51. The molecular weight excluding hydrogens is 140 g/mol. The quantitative estimate of drug-likeness (QED) is 0.568. The van der Waals surface area contributed by atoms with Crippen molar-refractivity contribution in [3.05, 3.63) is 0 Å². The van der Waals surface area contributed by atoms with Crippen molar-refractivity contribution in [2.45, 2.75) is 19.4 Å². The van der Waals surface area contributed by atoms with E-state index in [0.29, 0.717) is 12.6 Å². The average Bonchev–Trinajstić information content (AvgIpc) is 1.86. The largest absolute Gasteiger partial charge is 0.377 e. The molecule has 0 aromatic rings. The van der Waals surface area contributed by atoms with Gasteiger partial charge in [-0.15, -0.1) is 0 Å². The average molecular weight is 160 g/mol. The van der Waals surface area contributed by atoms with Crippen LogP contribution in [0.3, 0.4) is 0 Å². The Morgan fingerprint density at radius 3 is 2.55 bits per heavy atom. The molecule has 0 aromatic carbocycles. The van der Waals surface area contributed by atoms with Gasteiger partial charge in [-0.2, -0.15) is 0 Å². The zero-order chi connectivity index (χ0) is 8.69. The van der Waals surface area contributed by atoms with Gasteiger partial charge >= 0.3 is 0 Å². The molecule has 2 N–H and O–H groups in total. The van der Waals surface area contributed by atoms with Crippen molar-refractivity contribution in [3.8, 4) is 0 Å². The lowest BCUT2D eigenvalue weighted by atomic mass is 10.4. The third kappa shape index (κ3) is 7.78. The number of nitrogens with two attached hydrogens (primary N) is 1. The Morgan fingerprint density at radius 1 is 1.45 bits per heavy atom. The van der Waals surface area contributed by atoms with E-state index in [2.05, 4.69) is 11.8 Å². The van der Waals surface area contributed by atoms with Gasteiger partial charge in [-0.05, 0) is 34.0 Å². The van der Waals surface area contributed by atoms with E-state index in [-0.39, 0.29) is 0 Å². The second-order valence-corrected chi connectivity index (χ2v) is 3.09. The molecular formula is C8H20N2O. The molecule has 68 valence electrons. The highest BCUT2D eigenvalue weighted by atomic mass is 16.5. The molecule has 11 heavy (non-hydrogen) atoms. The standard InChI is InChI=1S/C8H20N2O/c1-8(7-10(2)3)11-6-4-5-9/h8H,4-7,9H2,1-3H3. The van der Waals surface area contributed by atoms with Gasteiger partial charge in [-0.3, -0.25) is 0 Å². The summed E-state index contributed by atoms with van der Waals surface area (Å²) in [4.78, 5) is 2.12. The van der Waals surface area contributed by atoms with Gasteiger partial charge in [0.2, 0.25) is 0 Å². The van der Waals surface area contributed by atoms with Crippen molar-refractivity contribution in [2.75, 3.05) is 33.8 Å². The van der Waals surface area contributed by atoms with E-state index in [1.165, 1.54) is 0 Å². The lowest BCUT2D eigenvalue weighted by Crippen LogP contribution is -2.26. The molecule has 0 aliphatic rings. The van der Waals surface area contributed by atoms with Crippen molar-refractivity contribution < 1.29 is 4.74 Å². The lowest BCUT2D eigenvalue weighted by molar-refractivity contribution is 0.0478. The highest BCUT2D eigenvalue weighted by Crippen LogP contribution is 1.93. The van der Waals surface area contributed by atoms with E-state index in [9.17, 15) is 0 Å². The summed E-state index contributed by atoms with van der Waals surface area (Å²) in [6, 6.07) is 0. The molecule has 3 nitrogen and oxygen atoms in total. The predicted octanol–water partition coefficient (Wildman–Crippen LogP) is 0.302. The molecule has 0 spiro atoms. The minimum atomic E-state index is 0.316. The van der Waals surface area contributed by atoms with Crippen LogP contribution in [0.15, 0.2) is 0 Å². The summed E-state index contributed by atoms with van der Waals surface area (Å²) in [6.07, 6.45) is 1.27. The maximum atomic E-state index is 5.47. The van der Waals surface area contributed by atoms with Crippen LogP contribution in [0.25, 0.3) is 0 Å². The Hall–Kier alpha value is -0.120. The minimum Gasteiger partial charge on any atom is -0.377 e. The van der Waals surface area contributed by atoms with Crippen LogP contribution in [0.4, 0.5) is 0 Å². The summed E-state index contributed by atoms with van der Waals surface area (Å²) in [7, 11) is 4.09. The molecule has 0 aliphatic heterocycles. The summed E-state index contributed by atoms with van der Waals surface area (Å²) < 4.78 is 5.47. The topological polar surface area (TPSA) is 38.5 Å². The van der Waals surface area contributed by atoms with Crippen molar-refractivity contribution in [2.24, 2.45) is 5.73 Å². The predicted molar refractivity (Wildman–Crippen MR) is 47.6 cm³/mol. The van der Waals surface area contributed by atoms with E-state index in [0.717, 1.165) is 19.6 Å². The molecule has 0 saturated carbocycles. The first-order chi connectivity index (χ1) is 5.16. The molecule has 0 aliphatic carbocycles. The zero-order valence-electron chi connectivity index (χ0n) is 7.84. The first kappa shape index (κ1) is 10.9. The van der Waals surface area contributed by atoms with Gasteiger partial charge in [0.05, 0.1) is 6.10 Å². The van der Waals surface area contributed by atoms with Crippen molar-refractivity contribution in [1.29, 1.82) is 0 Å². The molecule has 1 atom stereocenters. The summed E-state index contributed by atoms with van der Waals surface area (Å²) in [5.41, 5.74) is 5.33. The smallest absolute Gasteiger partial charge is 0.0673 e. The second-order valence-electron chi connectivity index (χ2n) is 3.09. The van der Waals surface area contributed by atoms with Gasteiger partial charge in [0.25, 0.3) is 0 Å². The van der Waals surface area contributed by atoms with Crippen LogP contribution in [-0.2, 0) is 4.74 Å². The molecule has 0 fully saturated rings. The SMILES string of the molecule is CC(CN(C)C)OCCCN. The molecule has 0 rings (SSSR count). The van der Waals surface area contributed by atoms with Gasteiger partial charge in [0.15, 0.2) is 0 Å². The van der Waals surface area contributed by atoms with Gasteiger partial charge in [-0.1, -0.05) is 0 Å². The Bertz CT molecular complexity index is 86.2. The fourth-order valence-corrected chi connectivity index (χ4v) is 0.935. The number of rotatable bonds is 6. The summed E-state index contributed by atoms with van der Waals surface area (Å²) in [6.45, 7) is 4.56. The fraction of sp³-hybridized carbons (Fsp3) is 1.00. The maximum Gasteiger partial charge on any atom is 0.0673 e. The normalized spacial score (nSPS) is 13.9. The van der Waals surface area contributed by atoms with E-state index >= 15 is 0 Å². The van der Waals surface area contributed by atoms with Gasteiger partial charge in [-0.25, -0.2) is 0 Å². The monoisotopic (exact) mass is 160 g/mol. The van der Waals surface area contributed by atoms with Crippen LogP contribution < -0.4 is 5.73 Å². The zero-order valence-corrected chi connectivity index (χ0v) is 7.84. The van der Waals surface area contributed by atoms with Crippen molar-refractivity contribution in [1.82, 2.24) is 4.90 Å². The maximum absolute atomic E-state index is 5.47. The Labute approximate surface area is 69.5 Å². The number of hydrogen-bond acceptors (Lipinski definition) is 3. The number of likely N-dealkylation sites (N-methyl/N-ethyl adjacent to an activating group) is 1. The van der Waals surface area contributed by atoms with E-state index in [4.69, 9.17) is 10.5 Å². The van der Waals surface area contributed by atoms with Crippen LogP contribution in [0.2, 0.25) is 0 Å². The number of ether oxygens (including phenoxy) is 1. The molecule has 0 radical (unpaired) electrons. The van der Waals surface area contributed by atoms with Crippen LogP contribution in [0.5, 0.6) is 0 Å². The lowest BCUT2D eigenvalue weighted by Gasteiger charge is -2.17. The highest BCUT2D eigenvalue weighted by Gasteiger charge is 2.01. The molecule has 3 heteroatoms. The van der Waals surface area contributed by atoms with Crippen LogP contribution in [0.1, 0.15) is 13.3 Å². The third-order valence-electron chi connectivity index (χ3n) is 1.37. The summed E-state index contributed by atoms with van der Waals surface area (Å²) in [5, 5.41) is 0. The molecule has 0 aromatic heterocycles. The minimum absolute atomic E-state index is 0.316. The number of hydrogen-bond donors (Lipinski definition) is 1. The van der Waals surface area contributed by atoms with Crippen molar-refractivity contribution >= 4 is 0 Å². The number of nitrogens with zero attached hydrogens (tertiary/aromatic N) is 1. The first-order valence-electron chi connectivity index (χ1n) is 4.13. The highest BCUT2D eigenvalue weighted by molar-refractivity contribution is 4.53. The van der Waals surface area contributed by atoms with Crippen LogP contribution >= 0.6 is 0 Å². The molecule has 0 amide bonds. The van der Waals surface area contributed by atoms with Gasteiger partial charge < -0.3 is 15.4 Å². The van der Waals surface area contributed by atoms with Gasteiger partial charge in [0, 0.05) is 13.2 Å². The summed E-state index contributed by atoms with van der Waals surface area (Å²) >= 11 is 0. The molecule has 0 bridgehead atoms. The van der Waals surface area contributed by atoms with E-state index in [1.807, 2.05) is 14.1 Å². The van der Waals surface area contributed by atoms with Crippen molar-refractivity contribution in [3.63, 3.8) is 0 Å². The van der Waals surface area contributed by atoms with Crippen LogP contribution in [0, 0.1) is 0 Å². The molecule has 0 heterocycles. The third-order valence-corrected chi connectivity index (χ3v) is 1.37. The molecule has 1 unspecified atom stereocenters. The van der Waals surface area contributed by atoms with E-state index in [1.54, 1.807) is 0 Å². The summed E-state index contributed by atoms with van der Waals surface area (Å²) in [5.74, 6) is 0. The molecule has 0 saturated heterocycles. The Balaban J connectivity index is 3.15. The Morgan fingerprint density at radius 2 is 2.09 bits per heavy atom. The van der Waals surface area contributed by atoms with Crippen LogP contribution in [-0.4, -0.2) is 44.8 Å². The van der Waals surface area contributed by atoms with Gasteiger partial charge in [0.1, 0.15) is 0 Å². The fourth-order valence-electron chi connectivity index (χ4n) is 0.935. The second kappa shape index (κ2) is 6.58. The van der Waals surface area contributed by atoms with E-state index < -0.39 is 0 Å². The first-order valence-corrected chi connectivity index (χ1v) is 4.13.